The normalized spacial score (nSPS) is 9.67. The molecular formula is C11H24AgNO2. The van der Waals surface area contributed by atoms with Gasteiger partial charge in [0, 0.05) is 5.97 Å². The Kier molecular flexibility index (Phi) is 16.8. The van der Waals surface area contributed by atoms with E-state index in [9.17, 15) is 9.90 Å². The minimum atomic E-state index is -0.925. The van der Waals surface area contributed by atoms with Crippen LogP contribution in [0.25, 0.3) is 0 Å². The molecule has 0 aromatic carbocycles. The van der Waals surface area contributed by atoms with Crippen molar-refractivity contribution in [1.29, 1.82) is 0 Å². The Labute approximate surface area is 109 Å². The zero-order valence-electron chi connectivity index (χ0n) is 10.2. The smallest absolute Gasteiger partial charge is 0.550 e. The molecule has 0 radical (unpaired) electrons. The monoisotopic (exact) mass is 309 g/mol. The first kappa shape index (κ1) is 20.6. The fraction of sp³-hybridized carbons (Fsp3) is 0.909. The number of aliphatic carboxylic acids is 1. The number of hydrogen-bond donors (Lipinski definition) is 1. The van der Waals surface area contributed by atoms with E-state index in [1.807, 2.05) is 0 Å². The Morgan fingerprint density at radius 3 is 1.93 bits per heavy atom. The van der Waals surface area contributed by atoms with E-state index in [0.717, 1.165) is 19.3 Å². The van der Waals surface area contributed by atoms with Gasteiger partial charge in [-0.25, -0.2) is 0 Å². The average Bonchev–Trinajstić information content (AvgIpc) is 2.05. The number of carboxylic acids is 1. The first-order valence-electron chi connectivity index (χ1n) is 5.19. The van der Waals surface area contributed by atoms with Gasteiger partial charge in [0.2, 0.25) is 0 Å². The molecule has 2 N–H and O–H groups in total. The van der Waals surface area contributed by atoms with Gasteiger partial charge in [-0.3, -0.25) is 0 Å². The van der Waals surface area contributed by atoms with Crippen LogP contribution in [-0.2, 0) is 27.2 Å². The van der Waals surface area contributed by atoms with E-state index in [1.165, 1.54) is 13.5 Å². The van der Waals surface area contributed by atoms with E-state index in [2.05, 4.69) is 26.5 Å². The molecule has 0 rings (SSSR count). The summed E-state index contributed by atoms with van der Waals surface area (Å²) in [6.07, 6.45) is 4.27. The summed E-state index contributed by atoms with van der Waals surface area (Å²) in [5.74, 6) is -0.925. The molecule has 0 aromatic rings. The Bertz CT molecular complexity index is 144. The largest absolute Gasteiger partial charge is 1.00 e. The molecule has 0 unspecified atom stereocenters. The summed E-state index contributed by atoms with van der Waals surface area (Å²) in [5.41, 5.74) is 4.88. The Morgan fingerprint density at radius 1 is 1.13 bits per heavy atom. The number of unbranched alkanes of at least 4 members (excludes halogenated alkanes) is 2. The molecule has 0 aliphatic carbocycles. The molecule has 0 heterocycles. The van der Waals surface area contributed by atoms with Crippen LogP contribution in [0.2, 0.25) is 0 Å². The molecule has 15 heavy (non-hydrogen) atoms. The quantitative estimate of drug-likeness (QED) is 0.615. The van der Waals surface area contributed by atoms with Crippen LogP contribution >= 0.6 is 0 Å². The van der Waals surface area contributed by atoms with Gasteiger partial charge >= 0.3 is 22.4 Å². The molecule has 0 spiro atoms. The van der Waals surface area contributed by atoms with E-state index in [0.29, 0.717) is 5.41 Å². The van der Waals surface area contributed by atoms with Crippen LogP contribution in [0.5, 0.6) is 0 Å². The second-order valence-corrected chi connectivity index (χ2v) is 4.49. The molecule has 0 aliphatic heterocycles. The predicted octanol–water partition coefficient (Wildman–Crippen LogP) is 1.31. The van der Waals surface area contributed by atoms with Crippen molar-refractivity contribution >= 4 is 5.97 Å². The van der Waals surface area contributed by atoms with Crippen molar-refractivity contribution in [1.82, 2.24) is 0 Å². The van der Waals surface area contributed by atoms with Crippen molar-refractivity contribution in [2.24, 2.45) is 11.1 Å². The van der Waals surface area contributed by atoms with Crippen LogP contribution in [-0.4, -0.2) is 13.0 Å². The van der Waals surface area contributed by atoms with Crippen molar-refractivity contribution in [2.75, 3.05) is 7.05 Å². The van der Waals surface area contributed by atoms with Gasteiger partial charge in [-0.2, -0.15) is 0 Å². The number of carboxylic acid groups (broad SMARTS) is 1. The van der Waals surface area contributed by atoms with Gasteiger partial charge in [0.1, 0.15) is 0 Å². The maximum atomic E-state index is 10.0. The summed E-state index contributed by atoms with van der Waals surface area (Å²) in [6.45, 7) is 6.60. The fourth-order valence-electron chi connectivity index (χ4n) is 1.10. The maximum Gasteiger partial charge on any atom is 1.00 e. The van der Waals surface area contributed by atoms with Gasteiger partial charge in [0.15, 0.2) is 0 Å². The molecule has 96 valence electrons. The zero-order chi connectivity index (χ0) is 11.6. The third-order valence-electron chi connectivity index (χ3n) is 1.81. The molecule has 0 amide bonds. The van der Waals surface area contributed by atoms with Crippen LogP contribution in [0.4, 0.5) is 0 Å². The molecule has 0 aromatic heterocycles. The first-order valence-corrected chi connectivity index (χ1v) is 5.19. The Morgan fingerprint density at radius 2 is 1.60 bits per heavy atom. The van der Waals surface area contributed by atoms with Crippen LogP contribution < -0.4 is 10.8 Å². The second kappa shape index (κ2) is 12.2. The topological polar surface area (TPSA) is 66.1 Å². The number of carbonyl (C=O) groups excluding carboxylic acids is 1. The van der Waals surface area contributed by atoms with Gasteiger partial charge in [0.25, 0.3) is 0 Å². The minimum Gasteiger partial charge on any atom is -0.550 e. The third kappa shape index (κ3) is 25.0. The third-order valence-corrected chi connectivity index (χ3v) is 1.81. The summed E-state index contributed by atoms with van der Waals surface area (Å²) in [6, 6.07) is 0. The number of nitrogens with two attached hydrogens (primary N) is 1. The summed E-state index contributed by atoms with van der Waals surface area (Å²) in [7, 11) is 1.50. The molecule has 0 aliphatic rings. The van der Waals surface area contributed by atoms with Crippen molar-refractivity contribution in [2.45, 2.75) is 52.9 Å². The summed E-state index contributed by atoms with van der Waals surface area (Å²) in [4.78, 5) is 10.0. The minimum absolute atomic E-state index is 0. The number of carbonyl (C=O) groups is 1. The standard InChI is InChI=1S/C10H20O2.CH5N.Ag/c1-10(2,3)8-6-4-5-7-9(11)12;1-2;/h4-8H2,1-3H3,(H,11,12);2H2,1H3;/q;;+1/p-1. The number of rotatable bonds is 5. The molecule has 0 atom stereocenters. The predicted molar refractivity (Wildman–Crippen MR) is 57.7 cm³/mol. The summed E-state index contributed by atoms with van der Waals surface area (Å²) < 4.78 is 0. The van der Waals surface area contributed by atoms with E-state index in [4.69, 9.17) is 0 Å². The van der Waals surface area contributed by atoms with Crippen molar-refractivity contribution < 1.29 is 32.3 Å². The molecule has 4 heteroatoms. The molecule has 0 saturated heterocycles. The van der Waals surface area contributed by atoms with Crippen molar-refractivity contribution in [3.63, 3.8) is 0 Å². The van der Waals surface area contributed by atoms with E-state index in [1.54, 1.807) is 0 Å². The fourth-order valence-corrected chi connectivity index (χ4v) is 1.10. The Balaban J connectivity index is -0.000000449. The summed E-state index contributed by atoms with van der Waals surface area (Å²) >= 11 is 0. The molecule has 3 nitrogen and oxygen atoms in total. The van der Waals surface area contributed by atoms with Crippen LogP contribution in [0.15, 0.2) is 0 Å². The molecular weight excluding hydrogens is 286 g/mol. The Hall–Kier alpha value is 0.170. The van der Waals surface area contributed by atoms with Crippen molar-refractivity contribution in [3.05, 3.63) is 0 Å². The van der Waals surface area contributed by atoms with Crippen molar-refractivity contribution in [3.8, 4) is 0 Å². The van der Waals surface area contributed by atoms with Gasteiger partial charge in [-0.1, -0.05) is 33.6 Å². The maximum absolute atomic E-state index is 10.0. The average molecular weight is 310 g/mol. The van der Waals surface area contributed by atoms with Crippen LogP contribution in [0, 0.1) is 5.41 Å². The molecule has 0 saturated carbocycles. The van der Waals surface area contributed by atoms with E-state index < -0.39 is 5.97 Å². The van der Waals surface area contributed by atoms with E-state index in [-0.39, 0.29) is 28.8 Å². The number of hydrogen-bond acceptors (Lipinski definition) is 3. The summed E-state index contributed by atoms with van der Waals surface area (Å²) in [5, 5.41) is 10.0. The van der Waals surface area contributed by atoms with Gasteiger partial charge < -0.3 is 15.6 Å². The van der Waals surface area contributed by atoms with Gasteiger partial charge in [-0.05, 0) is 31.7 Å². The van der Waals surface area contributed by atoms with Gasteiger partial charge in [-0.15, -0.1) is 0 Å². The first-order chi connectivity index (χ1) is 6.42. The van der Waals surface area contributed by atoms with E-state index >= 15 is 0 Å². The molecule has 0 fully saturated rings. The SMILES string of the molecule is CC(C)(C)CCCCCC(=O)[O-].CN.[Ag+]. The molecule has 0 bridgehead atoms. The van der Waals surface area contributed by atoms with Gasteiger partial charge in [0.05, 0.1) is 0 Å². The second-order valence-electron chi connectivity index (χ2n) is 4.49. The van der Waals surface area contributed by atoms with Crippen LogP contribution in [0.1, 0.15) is 52.9 Å². The van der Waals surface area contributed by atoms with Crippen LogP contribution in [0.3, 0.4) is 0 Å². The zero-order valence-corrected chi connectivity index (χ0v) is 11.7.